The summed E-state index contributed by atoms with van der Waals surface area (Å²) in [5.74, 6) is 2.46. The highest BCUT2D eigenvalue weighted by Gasteiger charge is 2.31. The van der Waals surface area contributed by atoms with Crippen LogP contribution in [0.4, 0.5) is 0 Å². The minimum absolute atomic E-state index is 0.0886. The molecule has 1 saturated heterocycles. The molecule has 2 aromatic rings. The molecule has 2 heterocycles. The SMILES string of the molecule is CCC1SCCSC1C(N)c1cccc2ncccc12. The summed E-state index contributed by atoms with van der Waals surface area (Å²) in [4.78, 5) is 4.44. The van der Waals surface area contributed by atoms with Crippen LogP contribution in [0.25, 0.3) is 10.9 Å². The second-order valence-corrected chi connectivity index (χ2v) is 7.73. The van der Waals surface area contributed by atoms with Gasteiger partial charge >= 0.3 is 0 Å². The molecule has 0 radical (unpaired) electrons. The van der Waals surface area contributed by atoms with Crippen molar-refractivity contribution in [2.24, 2.45) is 5.73 Å². The maximum Gasteiger partial charge on any atom is 0.0705 e. The van der Waals surface area contributed by atoms with Crippen LogP contribution in [0.5, 0.6) is 0 Å². The first kappa shape index (κ1) is 14.2. The van der Waals surface area contributed by atoms with Crippen molar-refractivity contribution in [2.45, 2.75) is 29.9 Å². The van der Waals surface area contributed by atoms with Crippen LogP contribution in [-0.2, 0) is 0 Å². The van der Waals surface area contributed by atoms with Crippen LogP contribution in [-0.4, -0.2) is 27.0 Å². The van der Waals surface area contributed by atoms with Gasteiger partial charge in [-0.05, 0) is 24.1 Å². The Morgan fingerprint density at radius 2 is 2.10 bits per heavy atom. The zero-order valence-electron chi connectivity index (χ0n) is 11.7. The van der Waals surface area contributed by atoms with Gasteiger partial charge in [0.1, 0.15) is 0 Å². The molecule has 3 rings (SSSR count). The number of fused-ring (bicyclic) bond motifs is 1. The van der Waals surface area contributed by atoms with Gasteiger partial charge in [0.05, 0.1) is 5.52 Å². The summed E-state index contributed by atoms with van der Waals surface area (Å²) in [5, 5.41) is 2.37. The zero-order valence-corrected chi connectivity index (χ0v) is 13.3. The lowest BCUT2D eigenvalue weighted by Crippen LogP contribution is -2.35. The molecular weight excluding hydrogens is 284 g/mol. The average Bonchev–Trinajstić information content (AvgIpc) is 2.53. The van der Waals surface area contributed by atoms with Crippen LogP contribution >= 0.6 is 23.5 Å². The Kier molecular flexibility index (Phi) is 4.54. The number of aromatic nitrogens is 1. The van der Waals surface area contributed by atoms with E-state index in [0.29, 0.717) is 10.5 Å². The van der Waals surface area contributed by atoms with E-state index in [2.05, 4.69) is 47.9 Å². The molecule has 0 bridgehead atoms. The molecule has 3 unspecified atom stereocenters. The smallest absolute Gasteiger partial charge is 0.0705 e. The van der Waals surface area contributed by atoms with E-state index in [9.17, 15) is 0 Å². The van der Waals surface area contributed by atoms with E-state index in [1.807, 2.05) is 24.0 Å². The van der Waals surface area contributed by atoms with E-state index in [0.717, 1.165) is 5.52 Å². The Morgan fingerprint density at radius 1 is 1.25 bits per heavy atom. The van der Waals surface area contributed by atoms with Gasteiger partial charge < -0.3 is 5.73 Å². The summed E-state index contributed by atoms with van der Waals surface area (Å²) < 4.78 is 0. The Hall–Kier alpha value is -0.710. The highest BCUT2D eigenvalue weighted by Crippen LogP contribution is 2.40. The second-order valence-electron chi connectivity index (χ2n) is 5.10. The summed E-state index contributed by atoms with van der Waals surface area (Å²) in [6, 6.07) is 10.5. The molecule has 4 heteroatoms. The van der Waals surface area contributed by atoms with E-state index in [-0.39, 0.29) is 6.04 Å². The summed E-state index contributed by atoms with van der Waals surface area (Å²) in [6.07, 6.45) is 3.04. The van der Waals surface area contributed by atoms with Crippen molar-refractivity contribution in [1.82, 2.24) is 4.98 Å². The fourth-order valence-corrected chi connectivity index (χ4v) is 6.04. The maximum atomic E-state index is 6.64. The van der Waals surface area contributed by atoms with Crippen molar-refractivity contribution in [2.75, 3.05) is 11.5 Å². The molecule has 1 aliphatic rings. The molecule has 0 spiro atoms. The molecule has 1 fully saturated rings. The first-order chi connectivity index (χ1) is 9.81. The molecule has 20 heavy (non-hydrogen) atoms. The molecule has 1 aliphatic heterocycles. The third-order valence-electron chi connectivity index (χ3n) is 3.89. The van der Waals surface area contributed by atoms with Gasteiger partial charge in [0.25, 0.3) is 0 Å². The van der Waals surface area contributed by atoms with Crippen molar-refractivity contribution in [3.63, 3.8) is 0 Å². The molecular formula is C16H20N2S2. The topological polar surface area (TPSA) is 38.9 Å². The first-order valence-corrected chi connectivity index (χ1v) is 9.23. The number of rotatable bonds is 3. The van der Waals surface area contributed by atoms with Crippen LogP contribution in [0.15, 0.2) is 36.5 Å². The summed E-state index contributed by atoms with van der Waals surface area (Å²) in [6.45, 7) is 2.27. The highest BCUT2D eigenvalue weighted by atomic mass is 32.2. The van der Waals surface area contributed by atoms with Crippen LogP contribution < -0.4 is 5.73 Å². The molecule has 0 amide bonds. The molecule has 0 saturated carbocycles. The molecule has 0 aliphatic carbocycles. The fraction of sp³-hybridized carbons (Fsp3) is 0.438. The molecule has 1 aromatic heterocycles. The zero-order chi connectivity index (χ0) is 13.9. The minimum atomic E-state index is 0.0886. The van der Waals surface area contributed by atoms with Crippen molar-refractivity contribution >= 4 is 34.4 Å². The second kappa shape index (κ2) is 6.37. The van der Waals surface area contributed by atoms with Gasteiger partial charge in [-0.25, -0.2) is 0 Å². The van der Waals surface area contributed by atoms with Crippen LogP contribution in [0, 0.1) is 0 Å². The van der Waals surface area contributed by atoms with Crippen molar-refractivity contribution in [1.29, 1.82) is 0 Å². The summed E-state index contributed by atoms with van der Waals surface area (Å²) in [7, 11) is 0. The highest BCUT2D eigenvalue weighted by molar-refractivity contribution is 8.07. The van der Waals surface area contributed by atoms with E-state index in [1.54, 1.807) is 0 Å². The number of benzene rings is 1. The molecule has 2 N–H and O–H groups in total. The van der Waals surface area contributed by atoms with Gasteiger partial charge in [-0.1, -0.05) is 25.1 Å². The van der Waals surface area contributed by atoms with Gasteiger partial charge in [0, 0.05) is 39.6 Å². The molecule has 106 valence electrons. The number of thioether (sulfide) groups is 2. The number of hydrogen-bond acceptors (Lipinski definition) is 4. The monoisotopic (exact) mass is 304 g/mol. The van der Waals surface area contributed by atoms with Gasteiger partial charge in [0.15, 0.2) is 0 Å². The van der Waals surface area contributed by atoms with Gasteiger partial charge in [-0.15, -0.1) is 0 Å². The minimum Gasteiger partial charge on any atom is -0.323 e. The maximum absolute atomic E-state index is 6.64. The van der Waals surface area contributed by atoms with Gasteiger partial charge in [0.2, 0.25) is 0 Å². The lowest BCUT2D eigenvalue weighted by atomic mass is 9.97. The van der Waals surface area contributed by atoms with E-state index < -0.39 is 0 Å². The predicted molar refractivity (Wildman–Crippen MR) is 91.5 cm³/mol. The molecule has 1 aromatic carbocycles. The van der Waals surface area contributed by atoms with Gasteiger partial charge in [-0.2, -0.15) is 23.5 Å². The number of nitrogens with two attached hydrogens (primary N) is 1. The standard InChI is InChI=1S/C16H20N2S2/c1-2-14-16(20-10-9-19-14)15(17)12-5-3-7-13-11(12)6-4-8-18-13/h3-8,14-16H,2,9-10,17H2,1H3. The quantitative estimate of drug-likeness (QED) is 0.934. The third-order valence-corrected chi connectivity index (χ3v) is 7.26. The van der Waals surface area contributed by atoms with E-state index in [4.69, 9.17) is 5.73 Å². The lowest BCUT2D eigenvalue weighted by molar-refractivity contribution is 0.634. The van der Waals surface area contributed by atoms with Crippen LogP contribution in [0.2, 0.25) is 0 Å². The van der Waals surface area contributed by atoms with Crippen molar-refractivity contribution in [3.05, 3.63) is 42.1 Å². The number of pyridine rings is 1. The average molecular weight is 304 g/mol. The van der Waals surface area contributed by atoms with Crippen molar-refractivity contribution < 1.29 is 0 Å². The lowest BCUT2D eigenvalue weighted by Gasteiger charge is -2.34. The normalized spacial score (nSPS) is 24.7. The summed E-state index contributed by atoms with van der Waals surface area (Å²) >= 11 is 4.12. The number of nitrogens with zero attached hydrogens (tertiary/aromatic N) is 1. The Morgan fingerprint density at radius 3 is 2.95 bits per heavy atom. The van der Waals surface area contributed by atoms with Crippen molar-refractivity contribution in [3.8, 4) is 0 Å². The largest absolute Gasteiger partial charge is 0.323 e. The fourth-order valence-electron chi connectivity index (χ4n) is 2.87. The predicted octanol–water partition coefficient (Wildman–Crippen LogP) is 3.86. The van der Waals surface area contributed by atoms with E-state index in [1.165, 1.54) is 28.9 Å². The first-order valence-electron chi connectivity index (χ1n) is 7.13. The molecule has 3 atom stereocenters. The molecule has 2 nitrogen and oxygen atoms in total. The number of hydrogen-bond donors (Lipinski definition) is 1. The van der Waals surface area contributed by atoms with Crippen LogP contribution in [0.1, 0.15) is 24.9 Å². The summed E-state index contributed by atoms with van der Waals surface area (Å²) in [5.41, 5.74) is 8.93. The van der Waals surface area contributed by atoms with Crippen LogP contribution in [0.3, 0.4) is 0 Å². The van der Waals surface area contributed by atoms with Gasteiger partial charge in [-0.3, -0.25) is 4.98 Å². The Bertz CT molecular complexity index is 582. The Labute approximate surface area is 128 Å². The van der Waals surface area contributed by atoms with E-state index >= 15 is 0 Å². The Balaban J connectivity index is 1.97. The third kappa shape index (κ3) is 2.69.